The van der Waals surface area contributed by atoms with E-state index in [1.54, 1.807) is 0 Å². The van der Waals surface area contributed by atoms with Crippen molar-refractivity contribution in [2.24, 2.45) is 5.73 Å². The van der Waals surface area contributed by atoms with E-state index in [1.165, 1.54) is 0 Å². The highest BCUT2D eigenvalue weighted by Gasteiger charge is 2.44. The minimum atomic E-state index is -4.11. The van der Waals surface area contributed by atoms with Crippen molar-refractivity contribution in [2.45, 2.75) is 58.9 Å². The third kappa shape index (κ3) is 3.78. The Balaban J connectivity index is 3.83. The van der Waals surface area contributed by atoms with Crippen LogP contribution in [0.25, 0.3) is 0 Å². The monoisotopic (exact) mass is 300 g/mol. The van der Waals surface area contributed by atoms with Crippen LogP contribution < -0.4 is 11.0 Å². The lowest BCUT2D eigenvalue weighted by Gasteiger charge is -2.29. The molecule has 1 aromatic rings. The highest BCUT2D eigenvalue weighted by molar-refractivity contribution is 7.67. The Morgan fingerprint density at radius 1 is 0.900 bits per heavy atom. The van der Waals surface area contributed by atoms with Crippen LogP contribution in [0.2, 0.25) is 0 Å². The maximum absolute atomic E-state index is 9.93. The summed E-state index contributed by atoms with van der Waals surface area (Å²) in [7, 11) is -4.11. The molecule has 0 radical (unpaired) electrons. The van der Waals surface area contributed by atoms with Gasteiger partial charge < -0.3 is 5.73 Å². The molecular formula is C15H27NO3P+. The fourth-order valence-electron chi connectivity index (χ4n) is 2.28. The summed E-state index contributed by atoms with van der Waals surface area (Å²) in [4.78, 5) is 29.8. The van der Waals surface area contributed by atoms with Crippen molar-refractivity contribution < 1.29 is 14.7 Å². The second-order valence-electron chi connectivity index (χ2n) is 7.31. The lowest BCUT2D eigenvalue weighted by Crippen LogP contribution is -2.33. The maximum atomic E-state index is 9.93. The molecule has 0 spiro atoms. The molecule has 0 aliphatic rings. The van der Waals surface area contributed by atoms with Gasteiger partial charge in [0.05, 0.1) is 0 Å². The second kappa shape index (κ2) is 5.36. The molecule has 0 aliphatic carbocycles. The van der Waals surface area contributed by atoms with Crippen LogP contribution >= 0.6 is 7.94 Å². The van der Waals surface area contributed by atoms with E-state index in [9.17, 15) is 14.7 Å². The average molecular weight is 300 g/mol. The number of rotatable bonds is 2. The Morgan fingerprint density at radius 3 is 1.45 bits per heavy atom. The van der Waals surface area contributed by atoms with Crippen molar-refractivity contribution in [2.75, 3.05) is 0 Å². The van der Waals surface area contributed by atoms with Crippen molar-refractivity contribution >= 4 is 13.2 Å². The summed E-state index contributed by atoms with van der Waals surface area (Å²) < 4.78 is 0. The lowest BCUT2D eigenvalue weighted by atomic mass is 9.79. The van der Waals surface area contributed by atoms with E-state index in [2.05, 4.69) is 0 Å². The third-order valence-electron chi connectivity index (χ3n) is 3.32. The Kier molecular flexibility index (Phi) is 4.70. The van der Waals surface area contributed by atoms with Crippen molar-refractivity contribution in [1.82, 2.24) is 0 Å². The highest BCUT2D eigenvalue weighted by atomic mass is 31.2. The molecule has 20 heavy (non-hydrogen) atoms. The SMILES string of the molecule is CC(C)(C)c1cc(CN)cc(C(C)(C)C)c1[P+](O)(O)O. The fourth-order valence-corrected chi connectivity index (χ4v) is 3.73. The largest absolute Gasteiger partial charge is 0.441 e. The first-order valence-corrected chi connectivity index (χ1v) is 8.39. The molecule has 4 nitrogen and oxygen atoms in total. The first-order valence-electron chi connectivity index (χ1n) is 6.74. The zero-order chi connectivity index (χ0) is 15.9. The molecule has 0 unspecified atom stereocenters. The van der Waals surface area contributed by atoms with E-state index < -0.39 is 7.94 Å². The first kappa shape index (κ1) is 17.5. The Hall–Kier alpha value is -0.510. The molecule has 0 atom stereocenters. The lowest BCUT2D eigenvalue weighted by molar-refractivity contribution is 0.344. The molecule has 5 N–H and O–H groups in total. The summed E-state index contributed by atoms with van der Waals surface area (Å²) in [5.74, 6) is 0. The van der Waals surface area contributed by atoms with Crippen molar-refractivity contribution in [1.29, 1.82) is 0 Å². The van der Waals surface area contributed by atoms with E-state index in [-0.39, 0.29) is 16.1 Å². The molecule has 0 fully saturated rings. The van der Waals surface area contributed by atoms with Gasteiger partial charge in [-0.15, -0.1) is 0 Å². The molecule has 0 saturated heterocycles. The van der Waals surface area contributed by atoms with E-state index in [0.29, 0.717) is 6.54 Å². The molecule has 5 heteroatoms. The average Bonchev–Trinajstić information content (AvgIpc) is 2.23. The van der Waals surface area contributed by atoms with Crippen molar-refractivity contribution in [3.63, 3.8) is 0 Å². The van der Waals surface area contributed by atoms with Crippen molar-refractivity contribution in [3.8, 4) is 0 Å². The minimum Gasteiger partial charge on any atom is -0.326 e. The quantitative estimate of drug-likeness (QED) is 0.630. The zero-order valence-corrected chi connectivity index (χ0v) is 14.1. The minimum absolute atomic E-state index is 0.273. The molecule has 0 amide bonds. The summed E-state index contributed by atoms with van der Waals surface area (Å²) in [5.41, 5.74) is 7.53. The van der Waals surface area contributed by atoms with Gasteiger partial charge in [0.2, 0.25) is 0 Å². The third-order valence-corrected chi connectivity index (χ3v) is 4.40. The van der Waals surface area contributed by atoms with Gasteiger partial charge >= 0.3 is 7.94 Å². The molecule has 0 saturated carbocycles. The molecule has 0 aliphatic heterocycles. The van der Waals surface area contributed by atoms with Gasteiger partial charge in [0.15, 0.2) is 5.30 Å². The molecule has 114 valence electrons. The van der Waals surface area contributed by atoms with Gasteiger partial charge in [0, 0.05) is 17.7 Å². The van der Waals surface area contributed by atoms with Crippen LogP contribution in [0.15, 0.2) is 12.1 Å². The number of nitrogens with two attached hydrogens (primary N) is 1. The van der Waals surface area contributed by atoms with Crippen LogP contribution in [0.4, 0.5) is 0 Å². The predicted octanol–water partition coefficient (Wildman–Crippen LogP) is 2.11. The van der Waals surface area contributed by atoms with Gasteiger partial charge in [-0.25, -0.2) is 0 Å². The highest BCUT2D eigenvalue weighted by Crippen LogP contribution is 2.49. The fraction of sp³-hybridized carbons (Fsp3) is 0.600. The summed E-state index contributed by atoms with van der Waals surface area (Å²) in [6.45, 7) is 12.3. The number of hydrogen-bond acceptors (Lipinski definition) is 4. The van der Waals surface area contributed by atoms with Gasteiger partial charge in [-0.3, -0.25) is 0 Å². The number of benzene rings is 1. The van der Waals surface area contributed by atoms with Gasteiger partial charge in [0.1, 0.15) is 0 Å². The smallest absolute Gasteiger partial charge is 0.326 e. The Morgan fingerprint density at radius 2 is 1.25 bits per heavy atom. The van der Waals surface area contributed by atoms with Crippen LogP contribution in [0, 0.1) is 0 Å². The molecule has 0 bridgehead atoms. The summed E-state index contributed by atoms with van der Waals surface area (Å²) in [6, 6.07) is 3.73. The van der Waals surface area contributed by atoms with Gasteiger partial charge in [-0.05, 0) is 28.5 Å². The number of hydrogen-bond donors (Lipinski definition) is 4. The molecular weight excluding hydrogens is 273 g/mol. The van der Waals surface area contributed by atoms with E-state index in [4.69, 9.17) is 5.73 Å². The van der Waals surface area contributed by atoms with Gasteiger partial charge in [-0.1, -0.05) is 41.5 Å². The maximum Gasteiger partial charge on any atom is 0.441 e. The molecule has 1 aromatic carbocycles. The standard InChI is InChI=1S/C15H27NO3P/c1-14(2,3)11-7-10(9-16)8-12(15(4,5)6)13(11)20(17,18)19/h7-8,17-19H,9,16H2,1-6H3/q+1. The zero-order valence-electron chi connectivity index (χ0n) is 13.2. The Bertz CT molecular complexity index is 458. The van der Waals surface area contributed by atoms with E-state index >= 15 is 0 Å². The molecule has 1 rings (SSSR count). The van der Waals surface area contributed by atoms with Crippen LogP contribution in [0.1, 0.15) is 58.2 Å². The first-order chi connectivity index (χ1) is 8.78. The van der Waals surface area contributed by atoms with E-state index in [0.717, 1.165) is 16.7 Å². The van der Waals surface area contributed by atoms with Gasteiger partial charge in [-0.2, -0.15) is 14.7 Å². The summed E-state index contributed by atoms with van der Waals surface area (Å²) in [6.07, 6.45) is 0. The molecule has 0 heterocycles. The summed E-state index contributed by atoms with van der Waals surface area (Å²) >= 11 is 0. The van der Waals surface area contributed by atoms with Crippen LogP contribution in [0.3, 0.4) is 0 Å². The van der Waals surface area contributed by atoms with Crippen LogP contribution in [-0.4, -0.2) is 14.7 Å². The Labute approximate surface area is 122 Å². The second-order valence-corrected chi connectivity index (χ2v) is 8.90. The normalized spacial score (nSPS) is 13.7. The van der Waals surface area contributed by atoms with Crippen LogP contribution in [0.5, 0.6) is 0 Å². The summed E-state index contributed by atoms with van der Waals surface area (Å²) in [5, 5.41) is 0.273. The van der Waals surface area contributed by atoms with E-state index in [1.807, 2.05) is 53.7 Å². The van der Waals surface area contributed by atoms with Gasteiger partial charge in [0.25, 0.3) is 0 Å². The van der Waals surface area contributed by atoms with Crippen molar-refractivity contribution in [3.05, 3.63) is 28.8 Å². The molecule has 0 aromatic heterocycles. The topological polar surface area (TPSA) is 86.7 Å². The predicted molar refractivity (Wildman–Crippen MR) is 84.9 cm³/mol. The van der Waals surface area contributed by atoms with Crippen LogP contribution in [-0.2, 0) is 17.4 Å².